The van der Waals surface area contributed by atoms with Crippen LogP contribution in [-0.2, 0) is 11.0 Å². The number of pyridine rings is 1. The number of benzodiazepines with no additional fused rings is 1. The molecule has 0 aliphatic carbocycles. The summed E-state index contributed by atoms with van der Waals surface area (Å²) in [4.78, 5) is 29.9. The second kappa shape index (κ2) is 10.3. The van der Waals surface area contributed by atoms with Crippen molar-refractivity contribution >= 4 is 23.3 Å². The van der Waals surface area contributed by atoms with Crippen molar-refractivity contribution in [1.82, 2.24) is 25.1 Å². The normalized spacial score (nSPS) is 15.0. The van der Waals surface area contributed by atoms with Crippen LogP contribution in [0.15, 0.2) is 88.7 Å². The molecule has 2 N–H and O–H groups in total. The van der Waals surface area contributed by atoms with Crippen molar-refractivity contribution in [3.8, 4) is 22.7 Å². The van der Waals surface area contributed by atoms with Gasteiger partial charge in [-0.2, -0.15) is 13.2 Å². The SMILES string of the molecule is Cc1ncc(-c2cc(C(F)(F)F)cnc2-c2nnc(N[C@H]3N=C(c4ccccc4)c4ccccc4NC3=O)o2)cn1. The first-order chi connectivity index (χ1) is 19.8. The third-order valence-corrected chi connectivity index (χ3v) is 6.19. The molecule has 0 fully saturated rings. The van der Waals surface area contributed by atoms with Gasteiger partial charge in [0.1, 0.15) is 11.5 Å². The molecule has 3 aromatic heterocycles. The molecule has 0 spiro atoms. The minimum atomic E-state index is -4.63. The van der Waals surface area contributed by atoms with E-state index in [0.29, 0.717) is 23.4 Å². The number of carbonyl (C=O) groups excluding carboxylic acids is 1. The summed E-state index contributed by atoms with van der Waals surface area (Å²) in [7, 11) is 0. The molecule has 1 atom stereocenters. The highest BCUT2D eigenvalue weighted by Crippen LogP contribution is 2.36. The molecule has 1 aliphatic heterocycles. The number of anilines is 2. The number of amides is 1. The molecule has 1 amide bonds. The van der Waals surface area contributed by atoms with E-state index >= 15 is 0 Å². The summed E-state index contributed by atoms with van der Waals surface area (Å²) in [5.41, 5.74) is 1.98. The predicted octanol–water partition coefficient (Wildman–Crippen LogP) is 5.14. The number of aliphatic imine (C=N–C) groups is 1. The first-order valence-corrected chi connectivity index (χ1v) is 12.3. The van der Waals surface area contributed by atoms with E-state index in [9.17, 15) is 18.0 Å². The van der Waals surface area contributed by atoms with Gasteiger partial charge in [0, 0.05) is 40.8 Å². The second-order valence-electron chi connectivity index (χ2n) is 8.97. The van der Waals surface area contributed by atoms with Gasteiger partial charge in [0.2, 0.25) is 6.17 Å². The fraction of sp³-hybridized carbons (Fsp3) is 0.107. The van der Waals surface area contributed by atoms with Crippen LogP contribution in [0.1, 0.15) is 22.5 Å². The molecular formula is C28H19F3N8O2. The van der Waals surface area contributed by atoms with E-state index in [1.165, 1.54) is 12.4 Å². The van der Waals surface area contributed by atoms with Crippen molar-refractivity contribution in [2.75, 3.05) is 10.6 Å². The zero-order valence-electron chi connectivity index (χ0n) is 21.2. The molecular weight excluding hydrogens is 537 g/mol. The highest BCUT2D eigenvalue weighted by Gasteiger charge is 2.33. The average Bonchev–Trinajstić information content (AvgIpc) is 3.38. The summed E-state index contributed by atoms with van der Waals surface area (Å²) in [6, 6.07) is 17.3. The Morgan fingerprint density at radius 3 is 2.37 bits per heavy atom. The highest BCUT2D eigenvalue weighted by molar-refractivity contribution is 6.19. The van der Waals surface area contributed by atoms with Gasteiger partial charge in [-0.3, -0.25) is 4.79 Å². The Morgan fingerprint density at radius 2 is 1.61 bits per heavy atom. The summed E-state index contributed by atoms with van der Waals surface area (Å²) >= 11 is 0. The minimum Gasteiger partial charge on any atom is -0.402 e. The zero-order chi connectivity index (χ0) is 28.6. The standard InChI is InChI=1S/C28H19F3N8O2/c1-15-32-12-17(13-33-15)20-11-18(28(29,30)31)14-34-23(20)26-38-39-27(41-26)37-24-25(40)35-21-10-6-5-9-19(21)22(36-24)16-7-3-2-4-8-16/h2-14,24H,1H3,(H,35,40)(H,37,39)/t24-/m1/s1. The first kappa shape index (κ1) is 25.8. The van der Waals surface area contributed by atoms with Crippen LogP contribution in [0.4, 0.5) is 24.9 Å². The van der Waals surface area contributed by atoms with Crippen molar-refractivity contribution in [2.45, 2.75) is 19.3 Å². The van der Waals surface area contributed by atoms with Crippen LogP contribution in [0.3, 0.4) is 0 Å². The quantitative estimate of drug-likeness (QED) is 0.304. The van der Waals surface area contributed by atoms with Gasteiger partial charge in [-0.25, -0.2) is 19.9 Å². The summed E-state index contributed by atoms with van der Waals surface area (Å²) < 4.78 is 46.2. The van der Waals surface area contributed by atoms with Gasteiger partial charge in [-0.1, -0.05) is 53.6 Å². The van der Waals surface area contributed by atoms with E-state index in [2.05, 4.69) is 40.8 Å². The van der Waals surface area contributed by atoms with Crippen molar-refractivity contribution in [1.29, 1.82) is 0 Å². The fourth-order valence-corrected chi connectivity index (χ4v) is 4.22. The maximum Gasteiger partial charge on any atom is 0.417 e. The lowest BCUT2D eigenvalue weighted by Crippen LogP contribution is -2.32. The molecule has 204 valence electrons. The van der Waals surface area contributed by atoms with Crippen LogP contribution in [0.2, 0.25) is 0 Å². The monoisotopic (exact) mass is 556 g/mol. The summed E-state index contributed by atoms with van der Waals surface area (Å²) in [5.74, 6) is -0.214. The third kappa shape index (κ3) is 5.24. The highest BCUT2D eigenvalue weighted by atomic mass is 19.4. The Labute approximate surface area is 230 Å². The lowest BCUT2D eigenvalue weighted by Gasteiger charge is -2.12. The van der Waals surface area contributed by atoms with Gasteiger partial charge < -0.3 is 15.1 Å². The van der Waals surface area contributed by atoms with Gasteiger partial charge in [0.05, 0.1) is 17.0 Å². The summed E-state index contributed by atoms with van der Waals surface area (Å²) in [6.07, 6.45) is -2.36. The maximum atomic E-state index is 13.5. The van der Waals surface area contributed by atoms with Crippen LogP contribution in [0, 0.1) is 6.92 Å². The Kier molecular flexibility index (Phi) is 6.46. The van der Waals surface area contributed by atoms with Gasteiger partial charge in [-0.05, 0) is 19.1 Å². The van der Waals surface area contributed by atoms with Crippen molar-refractivity contribution in [2.24, 2.45) is 4.99 Å². The Morgan fingerprint density at radius 1 is 0.878 bits per heavy atom. The lowest BCUT2D eigenvalue weighted by molar-refractivity contribution is -0.137. The zero-order valence-corrected chi connectivity index (χ0v) is 21.2. The van der Waals surface area contributed by atoms with Crippen molar-refractivity contribution < 1.29 is 22.4 Å². The number of para-hydroxylation sites is 1. The Hall–Kier alpha value is -5.46. The van der Waals surface area contributed by atoms with Gasteiger partial charge in [0.25, 0.3) is 11.8 Å². The first-order valence-electron chi connectivity index (χ1n) is 12.3. The van der Waals surface area contributed by atoms with E-state index < -0.39 is 23.8 Å². The third-order valence-electron chi connectivity index (χ3n) is 6.19. The number of hydrogen-bond donors (Lipinski definition) is 2. The molecule has 2 aromatic carbocycles. The van der Waals surface area contributed by atoms with E-state index in [0.717, 1.165) is 17.2 Å². The molecule has 1 aliphatic rings. The second-order valence-corrected chi connectivity index (χ2v) is 8.97. The Balaban J connectivity index is 1.37. The molecule has 0 saturated heterocycles. The lowest BCUT2D eigenvalue weighted by atomic mass is 10.0. The number of halogens is 3. The number of nitrogens with zero attached hydrogens (tertiary/aromatic N) is 6. The van der Waals surface area contributed by atoms with Crippen molar-refractivity contribution in [3.05, 3.63) is 102 Å². The van der Waals surface area contributed by atoms with E-state index in [1.54, 1.807) is 19.1 Å². The molecule has 10 nitrogen and oxygen atoms in total. The molecule has 0 unspecified atom stereocenters. The number of aromatic nitrogens is 5. The molecule has 0 saturated carbocycles. The van der Waals surface area contributed by atoms with Crippen LogP contribution >= 0.6 is 0 Å². The number of alkyl halides is 3. The molecule has 13 heteroatoms. The molecule has 5 aromatic rings. The molecule has 4 heterocycles. The van der Waals surface area contributed by atoms with E-state index in [4.69, 9.17) is 4.42 Å². The topological polar surface area (TPSA) is 131 Å². The Bertz CT molecular complexity index is 1770. The van der Waals surface area contributed by atoms with Crippen LogP contribution in [0.5, 0.6) is 0 Å². The van der Waals surface area contributed by atoms with Gasteiger partial charge in [0.15, 0.2) is 0 Å². The van der Waals surface area contributed by atoms with E-state index in [1.807, 2.05) is 42.5 Å². The minimum absolute atomic E-state index is 0.0165. The number of rotatable bonds is 5. The maximum absolute atomic E-state index is 13.5. The summed E-state index contributed by atoms with van der Waals surface area (Å²) in [6.45, 7) is 1.65. The number of aryl methyl sites for hydroxylation is 1. The van der Waals surface area contributed by atoms with Crippen LogP contribution < -0.4 is 10.6 Å². The number of carbonyl (C=O) groups is 1. The largest absolute Gasteiger partial charge is 0.417 e. The van der Waals surface area contributed by atoms with Crippen LogP contribution in [0.25, 0.3) is 22.7 Å². The molecule has 6 rings (SSSR count). The van der Waals surface area contributed by atoms with Crippen molar-refractivity contribution in [3.63, 3.8) is 0 Å². The van der Waals surface area contributed by atoms with E-state index in [-0.39, 0.29) is 28.7 Å². The number of nitrogens with one attached hydrogen (secondary N) is 2. The van der Waals surface area contributed by atoms with Crippen LogP contribution in [-0.4, -0.2) is 42.9 Å². The number of fused-ring (bicyclic) bond motifs is 1. The average molecular weight is 557 g/mol. The smallest absolute Gasteiger partial charge is 0.402 e. The number of hydrogen-bond acceptors (Lipinski definition) is 9. The van der Waals surface area contributed by atoms with Gasteiger partial charge >= 0.3 is 12.2 Å². The summed E-state index contributed by atoms with van der Waals surface area (Å²) in [5, 5.41) is 13.6. The van der Waals surface area contributed by atoms with Gasteiger partial charge in [-0.15, -0.1) is 5.10 Å². The molecule has 0 radical (unpaired) electrons. The molecule has 41 heavy (non-hydrogen) atoms. The number of benzene rings is 2. The molecule has 0 bridgehead atoms. The fourth-order valence-electron chi connectivity index (χ4n) is 4.22. The predicted molar refractivity (Wildman–Crippen MR) is 143 cm³/mol.